The van der Waals surface area contributed by atoms with Gasteiger partial charge in [-0.25, -0.2) is 0 Å². The molecule has 0 spiro atoms. The number of nitrogens with one attached hydrogen (secondary N) is 1. The summed E-state index contributed by atoms with van der Waals surface area (Å²) >= 11 is 0. The van der Waals surface area contributed by atoms with Gasteiger partial charge in [-0.1, -0.05) is 27.7 Å². The van der Waals surface area contributed by atoms with Gasteiger partial charge in [-0.05, 0) is 17.9 Å². The smallest absolute Gasteiger partial charge is 0.107 e. The van der Waals surface area contributed by atoms with Crippen molar-refractivity contribution in [3.63, 3.8) is 0 Å². The number of aliphatic imine (C=N–C) groups is 1. The quantitative estimate of drug-likeness (QED) is 0.668. The van der Waals surface area contributed by atoms with Crippen molar-refractivity contribution < 1.29 is 0 Å². The first kappa shape index (κ1) is 9.30. The topological polar surface area (TPSA) is 24.4 Å². The Kier molecular flexibility index (Phi) is 2.90. The molecule has 0 radical (unpaired) electrons. The van der Waals surface area contributed by atoms with E-state index in [2.05, 4.69) is 44.1 Å². The van der Waals surface area contributed by atoms with Crippen molar-refractivity contribution >= 4 is 5.71 Å². The summed E-state index contributed by atoms with van der Waals surface area (Å²) in [5, 5.41) is 3.28. The average molecular weight is 166 g/mol. The van der Waals surface area contributed by atoms with Crippen molar-refractivity contribution in [2.24, 2.45) is 16.8 Å². The Balaban J connectivity index is 2.74. The van der Waals surface area contributed by atoms with Gasteiger partial charge in [0.25, 0.3) is 0 Å². The highest BCUT2D eigenvalue weighted by atomic mass is 15.0. The minimum absolute atomic E-state index is 0.542. The molecule has 68 valence electrons. The highest BCUT2D eigenvalue weighted by molar-refractivity contribution is 5.97. The SMILES string of the molecule is CC(C)C1=CC(C(C)C)=NCN1. The zero-order chi connectivity index (χ0) is 9.14. The maximum Gasteiger partial charge on any atom is 0.107 e. The van der Waals surface area contributed by atoms with Gasteiger partial charge >= 0.3 is 0 Å². The summed E-state index contributed by atoms with van der Waals surface area (Å²) in [6, 6.07) is 0. The summed E-state index contributed by atoms with van der Waals surface area (Å²) in [7, 11) is 0. The highest BCUT2D eigenvalue weighted by Gasteiger charge is 2.10. The minimum Gasteiger partial charge on any atom is -0.369 e. The van der Waals surface area contributed by atoms with Gasteiger partial charge in [0, 0.05) is 11.4 Å². The lowest BCUT2D eigenvalue weighted by molar-refractivity contribution is 0.649. The summed E-state index contributed by atoms with van der Waals surface area (Å²) in [4.78, 5) is 4.39. The monoisotopic (exact) mass is 166 g/mol. The number of allylic oxidation sites excluding steroid dienone is 2. The third kappa shape index (κ3) is 2.10. The van der Waals surface area contributed by atoms with Crippen LogP contribution in [0.5, 0.6) is 0 Å². The molecular weight excluding hydrogens is 148 g/mol. The lowest BCUT2D eigenvalue weighted by Gasteiger charge is -2.19. The van der Waals surface area contributed by atoms with Crippen LogP contribution >= 0.6 is 0 Å². The van der Waals surface area contributed by atoms with Crippen LogP contribution in [-0.2, 0) is 0 Å². The predicted octanol–water partition coefficient (Wildman–Crippen LogP) is 2.18. The van der Waals surface area contributed by atoms with E-state index in [1.165, 1.54) is 11.4 Å². The summed E-state index contributed by atoms with van der Waals surface area (Å²) in [6.45, 7) is 9.50. The molecule has 1 N–H and O–H groups in total. The summed E-state index contributed by atoms with van der Waals surface area (Å²) in [5.74, 6) is 1.12. The van der Waals surface area contributed by atoms with Gasteiger partial charge in [0.1, 0.15) is 6.67 Å². The molecule has 0 aliphatic carbocycles. The van der Waals surface area contributed by atoms with E-state index < -0.39 is 0 Å². The second-order valence-corrected chi connectivity index (χ2v) is 3.83. The largest absolute Gasteiger partial charge is 0.369 e. The van der Waals surface area contributed by atoms with Crippen LogP contribution in [0.1, 0.15) is 27.7 Å². The molecule has 12 heavy (non-hydrogen) atoms. The number of rotatable bonds is 2. The fourth-order valence-electron chi connectivity index (χ4n) is 1.20. The summed E-state index contributed by atoms with van der Waals surface area (Å²) in [5.41, 5.74) is 2.53. The first-order valence-corrected chi connectivity index (χ1v) is 4.61. The first-order chi connectivity index (χ1) is 5.61. The van der Waals surface area contributed by atoms with Crippen LogP contribution < -0.4 is 5.32 Å². The maximum atomic E-state index is 4.39. The molecule has 0 bridgehead atoms. The standard InChI is InChI=1S/C10H18N2/c1-7(2)9-5-10(8(3)4)12-6-11-9/h5,7-8,11H,6H2,1-4H3. The molecular formula is C10H18N2. The molecule has 0 saturated carbocycles. The Labute approximate surface area is 74.8 Å². The highest BCUT2D eigenvalue weighted by Crippen LogP contribution is 2.12. The number of hydrogen-bond donors (Lipinski definition) is 1. The second-order valence-electron chi connectivity index (χ2n) is 3.83. The van der Waals surface area contributed by atoms with Crippen LogP contribution in [0.25, 0.3) is 0 Å². The third-order valence-corrected chi connectivity index (χ3v) is 2.06. The van der Waals surface area contributed by atoms with E-state index in [-0.39, 0.29) is 0 Å². The van der Waals surface area contributed by atoms with E-state index in [0.717, 1.165) is 6.67 Å². The van der Waals surface area contributed by atoms with Crippen molar-refractivity contribution in [3.05, 3.63) is 11.8 Å². The Morgan fingerprint density at radius 1 is 1.25 bits per heavy atom. The van der Waals surface area contributed by atoms with Crippen molar-refractivity contribution in [1.29, 1.82) is 0 Å². The predicted molar refractivity (Wildman–Crippen MR) is 53.2 cm³/mol. The van der Waals surface area contributed by atoms with Gasteiger partial charge < -0.3 is 5.32 Å². The molecule has 0 fully saturated rings. The van der Waals surface area contributed by atoms with Crippen LogP contribution in [0.2, 0.25) is 0 Å². The molecule has 1 heterocycles. The Morgan fingerprint density at radius 3 is 2.42 bits per heavy atom. The van der Waals surface area contributed by atoms with Gasteiger partial charge in [-0.2, -0.15) is 0 Å². The van der Waals surface area contributed by atoms with Crippen molar-refractivity contribution in [3.8, 4) is 0 Å². The zero-order valence-corrected chi connectivity index (χ0v) is 8.39. The fourth-order valence-corrected chi connectivity index (χ4v) is 1.20. The van der Waals surface area contributed by atoms with E-state index in [4.69, 9.17) is 0 Å². The first-order valence-electron chi connectivity index (χ1n) is 4.61. The molecule has 0 aromatic carbocycles. The summed E-state index contributed by atoms with van der Waals surface area (Å²) < 4.78 is 0. The molecule has 1 aliphatic heterocycles. The van der Waals surface area contributed by atoms with Crippen molar-refractivity contribution in [2.45, 2.75) is 27.7 Å². The van der Waals surface area contributed by atoms with E-state index >= 15 is 0 Å². The normalized spacial score (nSPS) is 17.5. The summed E-state index contributed by atoms with van der Waals surface area (Å²) in [6.07, 6.45) is 2.18. The lowest BCUT2D eigenvalue weighted by Crippen LogP contribution is -2.25. The number of hydrogen-bond acceptors (Lipinski definition) is 2. The molecule has 0 atom stereocenters. The molecule has 0 saturated heterocycles. The van der Waals surface area contributed by atoms with Gasteiger partial charge in [-0.3, -0.25) is 4.99 Å². The van der Waals surface area contributed by atoms with E-state index in [1.54, 1.807) is 0 Å². The van der Waals surface area contributed by atoms with Crippen molar-refractivity contribution in [2.75, 3.05) is 6.67 Å². The van der Waals surface area contributed by atoms with Gasteiger partial charge in [0.05, 0.1) is 0 Å². The maximum absolute atomic E-state index is 4.39. The molecule has 0 aromatic rings. The van der Waals surface area contributed by atoms with Crippen molar-refractivity contribution in [1.82, 2.24) is 5.32 Å². The zero-order valence-electron chi connectivity index (χ0n) is 8.39. The third-order valence-electron chi connectivity index (χ3n) is 2.06. The van der Waals surface area contributed by atoms with Crippen LogP contribution in [0.4, 0.5) is 0 Å². The molecule has 0 aromatic heterocycles. The number of nitrogens with zero attached hydrogens (tertiary/aromatic N) is 1. The Morgan fingerprint density at radius 2 is 1.92 bits per heavy atom. The lowest BCUT2D eigenvalue weighted by atomic mass is 10.0. The fraction of sp³-hybridized carbons (Fsp3) is 0.700. The molecule has 2 nitrogen and oxygen atoms in total. The molecule has 1 rings (SSSR count). The van der Waals surface area contributed by atoms with Crippen LogP contribution in [0.15, 0.2) is 16.8 Å². The van der Waals surface area contributed by atoms with Crippen LogP contribution in [-0.4, -0.2) is 12.4 Å². The molecule has 0 unspecified atom stereocenters. The van der Waals surface area contributed by atoms with E-state index in [1.807, 2.05) is 0 Å². The van der Waals surface area contributed by atoms with Crippen LogP contribution in [0.3, 0.4) is 0 Å². The molecule has 0 amide bonds. The van der Waals surface area contributed by atoms with E-state index in [9.17, 15) is 0 Å². The van der Waals surface area contributed by atoms with Gasteiger partial charge in [0.15, 0.2) is 0 Å². The second kappa shape index (κ2) is 3.74. The van der Waals surface area contributed by atoms with Gasteiger partial charge in [0.2, 0.25) is 0 Å². The Hall–Kier alpha value is -0.790. The van der Waals surface area contributed by atoms with Crippen LogP contribution in [0, 0.1) is 11.8 Å². The average Bonchev–Trinajstić information content (AvgIpc) is 2.04. The minimum atomic E-state index is 0.542. The van der Waals surface area contributed by atoms with Gasteiger partial charge in [-0.15, -0.1) is 0 Å². The molecule has 1 aliphatic rings. The Bertz CT molecular complexity index is 212. The van der Waals surface area contributed by atoms with E-state index in [0.29, 0.717) is 11.8 Å². The molecule has 2 heteroatoms.